The molecule has 0 bridgehead atoms. The summed E-state index contributed by atoms with van der Waals surface area (Å²) in [6, 6.07) is 5.31. The van der Waals surface area contributed by atoms with Gasteiger partial charge in [-0.25, -0.2) is 0 Å². The van der Waals surface area contributed by atoms with E-state index in [1.54, 1.807) is 19.0 Å². The Hall–Kier alpha value is -1.59. The number of halogens is 1. The van der Waals surface area contributed by atoms with Gasteiger partial charge >= 0.3 is 0 Å². The number of aromatic nitrogens is 1. The van der Waals surface area contributed by atoms with Crippen LogP contribution in [0.25, 0.3) is 10.9 Å². The molecule has 0 aliphatic rings. The molecular formula is C14H16ClN3OS. The number of nitrogens with one attached hydrogen (secondary N) is 2. The van der Waals surface area contributed by atoms with Crippen LogP contribution in [0, 0.1) is 0 Å². The molecule has 1 aromatic carbocycles. The third-order valence-electron chi connectivity index (χ3n) is 3.16. The van der Waals surface area contributed by atoms with Gasteiger partial charge in [-0.1, -0.05) is 29.9 Å². The van der Waals surface area contributed by atoms with Crippen LogP contribution in [0.5, 0.6) is 0 Å². The zero-order chi connectivity index (χ0) is 14.7. The van der Waals surface area contributed by atoms with Crippen LogP contribution in [0.4, 0.5) is 0 Å². The molecule has 20 heavy (non-hydrogen) atoms. The highest BCUT2D eigenvalue weighted by Crippen LogP contribution is 2.23. The number of amides is 1. The van der Waals surface area contributed by atoms with Crippen LogP contribution in [0.2, 0.25) is 5.02 Å². The number of thiocarbonyl (C=S) groups is 1. The zero-order valence-corrected chi connectivity index (χ0v) is 12.9. The molecule has 6 heteroatoms. The van der Waals surface area contributed by atoms with Crippen molar-refractivity contribution in [2.24, 2.45) is 0 Å². The molecule has 106 valence electrons. The van der Waals surface area contributed by atoms with Gasteiger partial charge in [-0.15, -0.1) is 0 Å². The van der Waals surface area contributed by atoms with Gasteiger partial charge in [0.15, 0.2) is 0 Å². The van der Waals surface area contributed by atoms with E-state index in [2.05, 4.69) is 10.3 Å². The summed E-state index contributed by atoms with van der Waals surface area (Å²) in [6.07, 6.45) is 2.47. The maximum atomic E-state index is 12.1. The van der Waals surface area contributed by atoms with Crippen molar-refractivity contribution in [1.82, 2.24) is 15.2 Å². The SMILES string of the molecule is CN(C)C(=O)C(Cc1c[nH]c2cc(Cl)ccc12)NC=S. The normalized spacial score (nSPS) is 12.2. The minimum Gasteiger partial charge on any atom is -0.371 e. The number of hydrogen-bond acceptors (Lipinski definition) is 2. The van der Waals surface area contributed by atoms with E-state index in [9.17, 15) is 4.79 Å². The average molecular weight is 310 g/mol. The lowest BCUT2D eigenvalue weighted by Gasteiger charge is -2.20. The topological polar surface area (TPSA) is 48.1 Å². The van der Waals surface area contributed by atoms with Crippen molar-refractivity contribution in [3.8, 4) is 0 Å². The lowest BCUT2D eigenvalue weighted by atomic mass is 10.0. The molecule has 2 aromatic rings. The quantitative estimate of drug-likeness (QED) is 0.834. The highest BCUT2D eigenvalue weighted by atomic mass is 35.5. The van der Waals surface area contributed by atoms with Gasteiger partial charge in [0.1, 0.15) is 6.04 Å². The Morgan fingerprint density at radius 2 is 2.30 bits per heavy atom. The highest BCUT2D eigenvalue weighted by Gasteiger charge is 2.20. The number of benzene rings is 1. The van der Waals surface area contributed by atoms with Crippen molar-refractivity contribution in [3.05, 3.63) is 35.0 Å². The predicted octanol–water partition coefficient (Wildman–Crippen LogP) is 2.37. The van der Waals surface area contributed by atoms with E-state index in [4.69, 9.17) is 23.8 Å². The molecule has 4 nitrogen and oxygen atoms in total. The second kappa shape index (κ2) is 6.24. The van der Waals surface area contributed by atoms with Gasteiger partial charge < -0.3 is 15.2 Å². The highest BCUT2D eigenvalue weighted by molar-refractivity contribution is 7.78. The van der Waals surface area contributed by atoms with Crippen LogP contribution in [-0.4, -0.2) is 41.4 Å². The van der Waals surface area contributed by atoms with Crippen molar-refractivity contribution in [1.29, 1.82) is 0 Å². The number of carbonyl (C=O) groups excluding carboxylic acids is 1. The maximum absolute atomic E-state index is 12.1. The van der Waals surface area contributed by atoms with Gasteiger partial charge in [-0.3, -0.25) is 4.79 Å². The minimum atomic E-state index is -0.364. The molecule has 1 atom stereocenters. The second-order valence-electron chi connectivity index (χ2n) is 4.78. The number of hydrogen-bond donors (Lipinski definition) is 2. The number of aromatic amines is 1. The Morgan fingerprint density at radius 1 is 1.55 bits per heavy atom. The molecule has 1 unspecified atom stereocenters. The van der Waals surface area contributed by atoms with E-state index >= 15 is 0 Å². The number of H-pyrrole nitrogens is 1. The smallest absolute Gasteiger partial charge is 0.244 e. The summed E-state index contributed by atoms with van der Waals surface area (Å²) < 4.78 is 0. The van der Waals surface area contributed by atoms with Gasteiger partial charge in [0.05, 0.1) is 5.49 Å². The second-order valence-corrected chi connectivity index (χ2v) is 5.45. The summed E-state index contributed by atoms with van der Waals surface area (Å²) >= 11 is 10.8. The minimum absolute atomic E-state index is 0.00517. The largest absolute Gasteiger partial charge is 0.371 e. The fourth-order valence-electron chi connectivity index (χ4n) is 2.16. The van der Waals surface area contributed by atoms with Crippen LogP contribution < -0.4 is 5.32 Å². The Balaban J connectivity index is 2.28. The fraction of sp³-hybridized carbons (Fsp3) is 0.286. The molecule has 0 aliphatic carbocycles. The van der Waals surface area contributed by atoms with Gasteiger partial charge in [-0.2, -0.15) is 0 Å². The van der Waals surface area contributed by atoms with Crippen molar-refractivity contribution in [2.45, 2.75) is 12.5 Å². The van der Waals surface area contributed by atoms with Crippen LogP contribution >= 0.6 is 23.8 Å². The van der Waals surface area contributed by atoms with E-state index in [0.717, 1.165) is 16.5 Å². The van der Waals surface area contributed by atoms with Crippen molar-refractivity contribution in [2.75, 3.05) is 14.1 Å². The Labute approximate surface area is 128 Å². The Kier molecular flexibility index (Phi) is 4.62. The van der Waals surface area contributed by atoms with Crippen molar-refractivity contribution in [3.63, 3.8) is 0 Å². The molecule has 0 spiro atoms. The average Bonchev–Trinajstić information content (AvgIpc) is 2.79. The van der Waals surface area contributed by atoms with Gasteiger partial charge in [-0.05, 0) is 17.7 Å². The number of fused-ring (bicyclic) bond motifs is 1. The number of carbonyl (C=O) groups is 1. The molecule has 0 saturated heterocycles. The molecule has 0 fully saturated rings. The van der Waals surface area contributed by atoms with Crippen LogP contribution in [0.3, 0.4) is 0 Å². The first-order valence-corrected chi connectivity index (χ1v) is 7.04. The number of nitrogens with zero attached hydrogens (tertiary/aromatic N) is 1. The summed E-state index contributed by atoms with van der Waals surface area (Å²) in [5.41, 5.74) is 3.41. The first-order chi connectivity index (χ1) is 9.52. The summed E-state index contributed by atoms with van der Waals surface area (Å²) in [7, 11) is 3.46. The summed E-state index contributed by atoms with van der Waals surface area (Å²) in [5.74, 6) is -0.00517. The van der Waals surface area contributed by atoms with E-state index < -0.39 is 0 Å². The molecule has 0 saturated carbocycles. The van der Waals surface area contributed by atoms with Crippen molar-refractivity contribution < 1.29 is 4.79 Å². The lowest BCUT2D eigenvalue weighted by molar-refractivity contribution is -0.130. The Bertz CT molecular complexity index is 638. The van der Waals surface area contributed by atoms with Gasteiger partial charge in [0, 0.05) is 42.6 Å². The number of likely N-dealkylation sites (N-methyl/N-ethyl adjacent to an activating group) is 1. The standard InChI is InChI=1S/C14H16ClN3OS/c1-18(2)14(19)13(17-8-20)5-9-7-16-12-6-10(15)3-4-11(9)12/h3-4,6-8,13,16H,5H2,1-2H3,(H,17,20). The molecule has 2 N–H and O–H groups in total. The van der Waals surface area contributed by atoms with Gasteiger partial charge in [0.25, 0.3) is 0 Å². The summed E-state index contributed by atoms with van der Waals surface area (Å²) in [5, 5.41) is 4.69. The zero-order valence-electron chi connectivity index (χ0n) is 11.3. The van der Waals surface area contributed by atoms with Gasteiger partial charge in [0.2, 0.25) is 5.91 Å². The molecule has 0 radical (unpaired) electrons. The maximum Gasteiger partial charge on any atom is 0.244 e. The molecule has 1 heterocycles. The summed E-state index contributed by atoms with van der Waals surface area (Å²) in [6.45, 7) is 0. The van der Waals surface area contributed by atoms with Crippen LogP contribution in [0.15, 0.2) is 24.4 Å². The van der Waals surface area contributed by atoms with E-state index in [1.807, 2.05) is 24.4 Å². The lowest BCUT2D eigenvalue weighted by Crippen LogP contribution is -2.44. The third-order valence-corrected chi connectivity index (χ3v) is 3.53. The first-order valence-electron chi connectivity index (χ1n) is 6.19. The monoisotopic (exact) mass is 309 g/mol. The van der Waals surface area contributed by atoms with Crippen molar-refractivity contribution >= 4 is 46.1 Å². The van der Waals surface area contributed by atoms with E-state index in [1.165, 1.54) is 5.49 Å². The fourth-order valence-corrected chi connectivity index (χ4v) is 2.50. The van der Waals surface area contributed by atoms with E-state index in [0.29, 0.717) is 11.4 Å². The molecule has 1 amide bonds. The van der Waals surface area contributed by atoms with Crippen LogP contribution in [-0.2, 0) is 11.2 Å². The third kappa shape index (κ3) is 3.11. The number of rotatable bonds is 5. The molecule has 2 rings (SSSR count). The molecule has 0 aliphatic heterocycles. The first kappa shape index (κ1) is 14.8. The van der Waals surface area contributed by atoms with E-state index in [-0.39, 0.29) is 11.9 Å². The Morgan fingerprint density at radius 3 is 2.95 bits per heavy atom. The molecule has 1 aromatic heterocycles. The summed E-state index contributed by atoms with van der Waals surface area (Å²) in [4.78, 5) is 16.8. The van der Waals surface area contributed by atoms with Crippen LogP contribution in [0.1, 0.15) is 5.56 Å². The predicted molar refractivity (Wildman–Crippen MR) is 86.3 cm³/mol. The molecular weight excluding hydrogens is 294 g/mol.